The summed E-state index contributed by atoms with van der Waals surface area (Å²) in [5.41, 5.74) is 7.31. The van der Waals surface area contributed by atoms with E-state index in [0.717, 1.165) is 5.69 Å². The van der Waals surface area contributed by atoms with Crippen LogP contribution in [0.25, 0.3) is 0 Å². The molecule has 0 fully saturated rings. The Morgan fingerprint density at radius 1 is 1.45 bits per heavy atom. The van der Waals surface area contributed by atoms with Crippen LogP contribution in [0.15, 0.2) is 41.7 Å². The second-order valence-electron chi connectivity index (χ2n) is 4.19. The summed E-state index contributed by atoms with van der Waals surface area (Å²) < 4.78 is 1.69. The monoisotopic (exact) mass is 273 g/mol. The minimum absolute atomic E-state index is 0.0358. The lowest BCUT2D eigenvalue weighted by molar-refractivity contribution is 0.0950. The second kappa shape index (κ2) is 5.87. The quantitative estimate of drug-likeness (QED) is 0.325. The van der Waals surface area contributed by atoms with E-state index in [2.05, 4.69) is 15.6 Å². The van der Waals surface area contributed by atoms with Gasteiger partial charge in [-0.05, 0) is 18.2 Å². The van der Waals surface area contributed by atoms with Gasteiger partial charge in [0.25, 0.3) is 5.91 Å². The Morgan fingerprint density at radius 3 is 2.85 bits per heavy atom. The average molecular weight is 273 g/mol. The molecule has 104 valence electrons. The Hall–Kier alpha value is -2.83. The molecule has 0 aliphatic carbocycles. The zero-order valence-electron chi connectivity index (χ0n) is 10.9. The minimum Gasteiger partial charge on any atom is -0.409 e. The first-order chi connectivity index (χ1) is 9.61. The van der Waals surface area contributed by atoms with Gasteiger partial charge in [-0.2, -0.15) is 5.10 Å². The van der Waals surface area contributed by atoms with Crippen LogP contribution in [0.2, 0.25) is 0 Å². The van der Waals surface area contributed by atoms with Crippen LogP contribution in [0.3, 0.4) is 0 Å². The zero-order chi connectivity index (χ0) is 14.5. The second-order valence-corrected chi connectivity index (χ2v) is 4.19. The number of nitrogens with zero attached hydrogens (tertiary/aromatic N) is 3. The Morgan fingerprint density at radius 2 is 2.20 bits per heavy atom. The van der Waals surface area contributed by atoms with E-state index in [9.17, 15) is 4.79 Å². The molecule has 0 saturated heterocycles. The van der Waals surface area contributed by atoms with E-state index in [-0.39, 0.29) is 11.7 Å². The number of aromatic nitrogens is 2. The number of nitrogens with two attached hydrogens (primary N) is 1. The van der Waals surface area contributed by atoms with Gasteiger partial charge in [-0.25, -0.2) is 0 Å². The Labute approximate surface area is 115 Å². The van der Waals surface area contributed by atoms with Crippen molar-refractivity contribution in [1.82, 2.24) is 15.1 Å². The third-order valence-electron chi connectivity index (χ3n) is 2.88. The molecule has 1 aromatic heterocycles. The number of carbonyl (C=O) groups excluding carboxylic acids is 1. The van der Waals surface area contributed by atoms with E-state index in [1.54, 1.807) is 42.2 Å². The third kappa shape index (κ3) is 2.94. The highest BCUT2D eigenvalue weighted by Crippen LogP contribution is 2.06. The summed E-state index contributed by atoms with van der Waals surface area (Å²) in [6.45, 7) is 0.378. The van der Waals surface area contributed by atoms with Gasteiger partial charge in [0.05, 0.1) is 12.2 Å². The largest absolute Gasteiger partial charge is 0.409 e. The Balaban J connectivity index is 2.08. The molecule has 1 amide bonds. The van der Waals surface area contributed by atoms with Crippen LogP contribution in [-0.4, -0.2) is 26.7 Å². The van der Waals surface area contributed by atoms with Crippen molar-refractivity contribution in [2.45, 2.75) is 6.54 Å². The molecule has 0 atom stereocenters. The molecule has 0 unspecified atom stereocenters. The van der Waals surface area contributed by atoms with Crippen molar-refractivity contribution >= 4 is 11.7 Å². The summed E-state index contributed by atoms with van der Waals surface area (Å²) in [5.74, 6) is -0.273. The van der Waals surface area contributed by atoms with Gasteiger partial charge >= 0.3 is 0 Å². The topological polar surface area (TPSA) is 106 Å². The fourth-order valence-electron chi connectivity index (χ4n) is 1.73. The molecular formula is C13H15N5O2. The first kappa shape index (κ1) is 13.6. The van der Waals surface area contributed by atoms with Gasteiger partial charge in [0.2, 0.25) is 0 Å². The maximum Gasteiger partial charge on any atom is 0.251 e. The number of aryl methyl sites for hydroxylation is 1. The van der Waals surface area contributed by atoms with Gasteiger partial charge in [-0.3, -0.25) is 9.48 Å². The SMILES string of the molecule is Cn1nccc1CNC(=O)c1cccc(C(N)=NO)c1. The molecule has 0 radical (unpaired) electrons. The smallest absolute Gasteiger partial charge is 0.251 e. The van der Waals surface area contributed by atoms with Crippen LogP contribution in [0.5, 0.6) is 0 Å². The summed E-state index contributed by atoms with van der Waals surface area (Å²) in [6.07, 6.45) is 1.67. The van der Waals surface area contributed by atoms with Gasteiger partial charge in [-0.15, -0.1) is 0 Å². The summed E-state index contributed by atoms with van der Waals surface area (Å²) in [6, 6.07) is 8.38. The number of amides is 1. The number of oxime groups is 1. The van der Waals surface area contributed by atoms with Crippen molar-refractivity contribution in [1.29, 1.82) is 0 Å². The highest BCUT2D eigenvalue weighted by atomic mass is 16.4. The maximum absolute atomic E-state index is 12.0. The minimum atomic E-state index is -0.237. The number of rotatable bonds is 4. The number of carbonyl (C=O) groups is 1. The van der Waals surface area contributed by atoms with Crippen LogP contribution in [-0.2, 0) is 13.6 Å². The van der Waals surface area contributed by atoms with Gasteiger partial charge in [-0.1, -0.05) is 17.3 Å². The van der Waals surface area contributed by atoms with Crippen molar-refractivity contribution in [3.63, 3.8) is 0 Å². The van der Waals surface area contributed by atoms with Gasteiger partial charge in [0, 0.05) is 24.4 Å². The number of benzene rings is 1. The fourth-order valence-corrected chi connectivity index (χ4v) is 1.73. The van der Waals surface area contributed by atoms with Crippen LogP contribution < -0.4 is 11.1 Å². The molecular weight excluding hydrogens is 258 g/mol. The van der Waals surface area contributed by atoms with E-state index in [1.165, 1.54) is 0 Å². The molecule has 0 bridgehead atoms. The summed E-state index contributed by atoms with van der Waals surface area (Å²) in [4.78, 5) is 12.0. The van der Waals surface area contributed by atoms with Gasteiger partial charge < -0.3 is 16.3 Å². The lowest BCUT2D eigenvalue weighted by Gasteiger charge is -2.07. The first-order valence-corrected chi connectivity index (χ1v) is 5.95. The molecule has 4 N–H and O–H groups in total. The van der Waals surface area contributed by atoms with Crippen LogP contribution in [0.4, 0.5) is 0 Å². The van der Waals surface area contributed by atoms with Crippen molar-refractivity contribution < 1.29 is 10.0 Å². The molecule has 7 nitrogen and oxygen atoms in total. The van der Waals surface area contributed by atoms with Gasteiger partial charge in [0.15, 0.2) is 5.84 Å². The molecule has 1 aromatic carbocycles. The molecule has 1 heterocycles. The molecule has 20 heavy (non-hydrogen) atoms. The van der Waals surface area contributed by atoms with Crippen LogP contribution in [0, 0.1) is 0 Å². The van der Waals surface area contributed by atoms with Crippen LogP contribution >= 0.6 is 0 Å². The molecule has 7 heteroatoms. The molecule has 0 aliphatic rings. The summed E-state index contributed by atoms with van der Waals surface area (Å²) in [7, 11) is 1.81. The molecule has 0 aliphatic heterocycles. The van der Waals surface area contributed by atoms with Crippen LogP contribution in [0.1, 0.15) is 21.6 Å². The molecule has 0 spiro atoms. The Kier molecular flexibility index (Phi) is 3.99. The van der Waals surface area contributed by atoms with Crippen molar-refractivity contribution in [2.24, 2.45) is 17.9 Å². The Bertz CT molecular complexity index is 648. The predicted molar refractivity (Wildman–Crippen MR) is 73.3 cm³/mol. The number of nitrogens with one attached hydrogen (secondary N) is 1. The highest BCUT2D eigenvalue weighted by Gasteiger charge is 2.08. The average Bonchev–Trinajstić information content (AvgIpc) is 2.89. The van der Waals surface area contributed by atoms with Gasteiger partial charge in [0.1, 0.15) is 0 Å². The maximum atomic E-state index is 12.0. The fraction of sp³-hybridized carbons (Fsp3) is 0.154. The standard InChI is InChI=1S/C13H15N5O2/c1-18-11(5-6-16-18)8-15-13(19)10-4-2-3-9(7-10)12(14)17-20/h2-7,20H,8H2,1H3,(H2,14,17)(H,15,19). The number of hydrogen-bond acceptors (Lipinski definition) is 4. The third-order valence-corrected chi connectivity index (χ3v) is 2.88. The van der Waals surface area contributed by atoms with Crippen molar-refractivity contribution in [2.75, 3.05) is 0 Å². The highest BCUT2D eigenvalue weighted by molar-refractivity contribution is 6.01. The number of amidine groups is 1. The van der Waals surface area contributed by atoms with Crippen molar-refractivity contribution in [3.05, 3.63) is 53.3 Å². The normalized spacial score (nSPS) is 11.3. The first-order valence-electron chi connectivity index (χ1n) is 5.95. The molecule has 0 saturated carbocycles. The predicted octanol–water partition coefficient (Wildman–Crippen LogP) is 0.445. The van der Waals surface area contributed by atoms with E-state index in [1.807, 2.05) is 6.07 Å². The number of hydrogen-bond donors (Lipinski definition) is 3. The van der Waals surface area contributed by atoms with E-state index in [4.69, 9.17) is 10.9 Å². The lowest BCUT2D eigenvalue weighted by Crippen LogP contribution is -2.24. The molecule has 2 aromatic rings. The summed E-state index contributed by atoms with van der Waals surface area (Å²) >= 11 is 0. The van der Waals surface area contributed by atoms with E-state index < -0.39 is 0 Å². The van der Waals surface area contributed by atoms with Crippen molar-refractivity contribution in [3.8, 4) is 0 Å². The van der Waals surface area contributed by atoms with E-state index in [0.29, 0.717) is 17.7 Å². The molecule has 2 rings (SSSR count). The summed E-state index contributed by atoms with van der Waals surface area (Å²) in [5, 5.41) is 18.3. The van der Waals surface area contributed by atoms with E-state index >= 15 is 0 Å². The zero-order valence-corrected chi connectivity index (χ0v) is 10.9. The lowest BCUT2D eigenvalue weighted by atomic mass is 10.1.